The normalized spacial score (nSPS) is 27.0. The molecule has 0 aromatic heterocycles. The van der Waals surface area contributed by atoms with Gasteiger partial charge in [0.25, 0.3) is 0 Å². The Morgan fingerprint density at radius 1 is 1.12 bits per heavy atom. The van der Waals surface area contributed by atoms with Crippen LogP contribution in [0.4, 0.5) is 0 Å². The summed E-state index contributed by atoms with van der Waals surface area (Å²) in [6.45, 7) is 3.19. The van der Waals surface area contributed by atoms with E-state index < -0.39 is 0 Å². The van der Waals surface area contributed by atoms with Gasteiger partial charge in [-0.25, -0.2) is 0 Å². The van der Waals surface area contributed by atoms with E-state index in [1.165, 1.54) is 51.4 Å². The molecular weight excluding hydrogens is 196 g/mol. The first kappa shape index (κ1) is 12.4. The summed E-state index contributed by atoms with van der Waals surface area (Å²) in [7, 11) is 2.31. The summed E-state index contributed by atoms with van der Waals surface area (Å²) in [5.74, 6) is 0.956. The third kappa shape index (κ3) is 2.43. The zero-order chi connectivity index (χ0) is 11.6. The molecule has 2 heteroatoms. The first-order valence-electron chi connectivity index (χ1n) is 7.09. The van der Waals surface area contributed by atoms with Gasteiger partial charge in [-0.2, -0.15) is 0 Å². The first-order valence-corrected chi connectivity index (χ1v) is 7.09. The fourth-order valence-corrected chi connectivity index (χ4v) is 3.42. The molecule has 0 aromatic rings. The van der Waals surface area contributed by atoms with Gasteiger partial charge < -0.3 is 5.73 Å². The summed E-state index contributed by atoms with van der Waals surface area (Å²) in [4.78, 5) is 2.61. The van der Waals surface area contributed by atoms with Crippen molar-refractivity contribution >= 4 is 0 Å². The maximum Gasteiger partial charge on any atom is 0.0306 e. The molecule has 0 aliphatic heterocycles. The molecule has 2 N–H and O–H groups in total. The van der Waals surface area contributed by atoms with E-state index in [2.05, 4.69) is 18.9 Å². The highest BCUT2D eigenvalue weighted by atomic mass is 15.2. The third-order valence-electron chi connectivity index (χ3n) is 5.12. The number of hydrogen-bond donors (Lipinski definition) is 1. The van der Waals surface area contributed by atoms with Crippen molar-refractivity contribution in [1.82, 2.24) is 4.90 Å². The summed E-state index contributed by atoms with van der Waals surface area (Å²) in [5, 5.41) is 0. The molecule has 0 radical (unpaired) electrons. The fourth-order valence-electron chi connectivity index (χ4n) is 3.42. The minimum Gasteiger partial charge on any atom is -0.329 e. The van der Waals surface area contributed by atoms with Crippen molar-refractivity contribution in [2.75, 3.05) is 13.6 Å². The topological polar surface area (TPSA) is 29.3 Å². The Hall–Kier alpha value is -0.0800. The van der Waals surface area contributed by atoms with Crippen LogP contribution in [0.15, 0.2) is 0 Å². The Kier molecular flexibility index (Phi) is 3.91. The van der Waals surface area contributed by atoms with Crippen LogP contribution in [0.3, 0.4) is 0 Å². The van der Waals surface area contributed by atoms with E-state index >= 15 is 0 Å². The van der Waals surface area contributed by atoms with Crippen LogP contribution < -0.4 is 5.73 Å². The molecule has 2 nitrogen and oxygen atoms in total. The van der Waals surface area contributed by atoms with Gasteiger partial charge in [-0.15, -0.1) is 0 Å². The highest BCUT2D eigenvalue weighted by molar-refractivity contribution is 4.93. The van der Waals surface area contributed by atoms with Gasteiger partial charge in [0.05, 0.1) is 0 Å². The minimum absolute atomic E-state index is 0.250. The maximum absolute atomic E-state index is 6.06. The number of hydrogen-bond acceptors (Lipinski definition) is 2. The van der Waals surface area contributed by atoms with E-state index in [9.17, 15) is 0 Å². The quantitative estimate of drug-likeness (QED) is 0.778. The number of likely N-dealkylation sites (N-methyl/N-ethyl adjacent to an activating group) is 1. The minimum atomic E-state index is 0.250. The first-order chi connectivity index (χ1) is 7.65. The number of rotatable bonds is 5. The molecule has 2 saturated carbocycles. The Morgan fingerprint density at radius 3 is 2.19 bits per heavy atom. The summed E-state index contributed by atoms with van der Waals surface area (Å²) in [6, 6.07) is 0.800. The molecule has 2 fully saturated rings. The molecule has 0 aromatic carbocycles. The van der Waals surface area contributed by atoms with E-state index in [0.717, 1.165) is 18.5 Å². The fraction of sp³-hybridized carbons (Fsp3) is 1.00. The lowest BCUT2D eigenvalue weighted by molar-refractivity contribution is 0.0566. The molecule has 2 aliphatic carbocycles. The molecule has 0 saturated heterocycles. The van der Waals surface area contributed by atoms with E-state index in [0.29, 0.717) is 0 Å². The highest BCUT2D eigenvalue weighted by Gasteiger charge is 2.37. The predicted octanol–water partition coefficient (Wildman–Crippen LogP) is 2.77. The van der Waals surface area contributed by atoms with Gasteiger partial charge in [0, 0.05) is 18.1 Å². The van der Waals surface area contributed by atoms with Crippen LogP contribution in [0.2, 0.25) is 0 Å². The summed E-state index contributed by atoms with van der Waals surface area (Å²) in [5.41, 5.74) is 6.31. The van der Waals surface area contributed by atoms with Gasteiger partial charge >= 0.3 is 0 Å². The lowest BCUT2D eigenvalue weighted by Gasteiger charge is -2.45. The summed E-state index contributed by atoms with van der Waals surface area (Å²) < 4.78 is 0. The molecular formula is C14H28N2. The smallest absolute Gasteiger partial charge is 0.0306 e. The summed E-state index contributed by atoms with van der Waals surface area (Å²) >= 11 is 0. The van der Waals surface area contributed by atoms with E-state index in [-0.39, 0.29) is 5.54 Å². The Labute approximate surface area is 101 Å². The average Bonchev–Trinajstić information content (AvgIpc) is 2.75. The Morgan fingerprint density at radius 2 is 1.75 bits per heavy atom. The van der Waals surface area contributed by atoms with Crippen molar-refractivity contribution < 1.29 is 0 Å². The molecule has 16 heavy (non-hydrogen) atoms. The van der Waals surface area contributed by atoms with Crippen molar-refractivity contribution in [2.45, 2.75) is 69.9 Å². The number of nitrogens with two attached hydrogens (primary N) is 1. The zero-order valence-electron chi connectivity index (χ0n) is 11.0. The van der Waals surface area contributed by atoms with E-state index in [1.54, 1.807) is 0 Å². The average molecular weight is 224 g/mol. The van der Waals surface area contributed by atoms with Gasteiger partial charge in [0.1, 0.15) is 0 Å². The van der Waals surface area contributed by atoms with Crippen LogP contribution in [0.5, 0.6) is 0 Å². The second kappa shape index (κ2) is 5.05. The molecule has 0 bridgehead atoms. The van der Waals surface area contributed by atoms with Crippen LogP contribution in [0, 0.1) is 5.92 Å². The molecule has 2 aliphatic rings. The lowest BCUT2D eigenvalue weighted by Crippen LogP contribution is -2.54. The molecule has 0 heterocycles. The molecule has 1 atom stereocenters. The Balaban J connectivity index is 1.94. The predicted molar refractivity (Wildman–Crippen MR) is 69.4 cm³/mol. The molecule has 0 amide bonds. The zero-order valence-corrected chi connectivity index (χ0v) is 11.0. The monoisotopic (exact) mass is 224 g/mol. The second-order valence-corrected chi connectivity index (χ2v) is 6.25. The van der Waals surface area contributed by atoms with Crippen LogP contribution in [0.25, 0.3) is 0 Å². The van der Waals surface area contributed by atoms with Crippen molar-refractivity contribution in [3.8, 4) is 0 Å². The van der Waals surface area contributed by atoms with Crippen LogP contribution in [-0.4, -0.2) is 30.1 Å². The molecule has 2 rings (SSSR count). The molecule has 94 valence electrons. The van der Waals surface area contributed by atoms with Crippen molar-refractivity contribution in [3.05, 3.63) is 0 Å². The van der Waals surface area contributed by atoms with Gasteiger partial charge in [0.2, 0.25) is 0 Å². The lowest BCUT2D eigenvalue weighted by atomic mass is 9.75. The van der Waals surface area contributed by atoms with Crippen molar-refractivity contribution in [1.29, 1.82) is 0 Å². The third-order valence-corrected chi connectivity index (χ3v) is 5.12. The van der Waals surface area contributed by atoms with Crippen LogP contribution in [-0.2, 0) is 0 Å². The van der Waals surface area contributed by atoms with Crippen molar-refractivity contribution in [3.63, 3.8) is 0 Å². The van der Waals surface area contributed by atoms with Gasteiger partial charge in [-0.1, -0.05) is 32.1 Å². The van der Waals surface area contributed by atoms with Crippen molar-refractivity contribution in [2.24, 2.45) is 11.7 Å². The highest BCUT2D eigenvalue weighted by Crippen LogP contribution is 2.37. The van der Waals surface area contributed by atoms with Gasteiger partial charge in [-0.3, -0.25) is 4.90 Å². The molecule has 0 spiro atoms. The Bertz CT molecular complexity index is 219. The largest absolute Gasteiger partial charge is 0.329 e. The SMILES string of the molecule is CN(C1CCCC1)C(C)(CN)CC1CCC1. The van der Waals surface area contributed by atoms with E-state index in [4.69, 9.17) is 5.73 Å². The van der Waals surface area contributed by atoms with Gasteiger partial charge in [-0.05, 0) is 39.2 Å². The van der Waals surface area contributed by atoms with E-state index in [1.807, 2.05) is 0 Å². The summed E-state index contributed by atoms with van der Waals surface area (Å²) in [6.07, 6.45) is 11.2. The van der Waals surface area contributed by atoms with Crippen LogP contribution >= 0.6 is 0 Å². The maximum atomic E-state index is 6.06. The standard InChI is InChI=1S/C14H28N2/c1-14(11-15,10-12-6-5-7-12)16(2)13-8-3-4-9-13/h12-13H,3-11,15H2,1-2H3. The number of nitrogens with zero attached hydrogens (tertiary/aromatic N) is 1. The van der Waals surface area contributed by atoms with Crippen LogP contribution in [0.1, 0.15) is 58.3 Å². The van der Waals surface area contributed by atoms with Gasteiger partial charge in [0.15, 0.2) is 0 Å². The second-order valence-electron chi connectivity index (χ2n) is 6.25. The molecule has 1 unspecified atom stereocenters.